The first-order valence-corrected chi connectivity index (χ1v) is 9.54. The van der Waals surface area contributed by atoms with Crippen LogP contribution in [-0.2, 0) is 9.53 Å². The second kappa shape index (κ2) is 17.4. The molecule has 0 aromatic heterocycles. The van der Waals surface area contributed by atoms with Crippen LogP contribution in [0, 0.1) is 0 Å². The molecule has 0 saturated heterocycles. The summed E-state index contributed by atoms with van der Waals surface area (Å²) in [7, 11) is 1.36. The minimum Gasteiger partial charge on any atom is -0.469 e. The molecule has 4 heteroatoms. The zero-order chi connectivity index (χ0) is 18.8. The molecule has 144 valence electrons. The number of hydrogen-bond donors (Lipinski definition) is 2. The van der Waals surface area contributed by atoms with Crippen LogP contribution in [0.4, 0.5) is 0 Å². The van der Waals surface area contributed by atoms with Crippen molar-refractivity contribution in [1.29, 1.82) is 0 Å². The Morgan fingerprint density at radius 1 is 0.840 bits per heavy atom. The number of esters is 1. The average molecular weight is 353 g/mol. The number of methoxy groups -OCH3 is 1. The Morgan fingerprint density at radius 2 is 1.36 bits per heavy atom. The average Bonchev–Trinajstić information content (AvgIpc) is 2.60. The molecule has 0 fully saturated rings. The van der Waals surface area contributed by atoms with E-state index in [1.54, 1.807) is 18.2 Å². The summed E-state index contributed by atoms with van der Waals surface area (Å²) in [4.78, 5) is 10.9. The SMILES string of the molecule is CCCCCCCC[C@@H](O)/C=C/C=C/C=C\[C@@H](O)CCCC(=O)OC. The predicted molar refractivity (Wildman–Crippen MR) is 103 cm³/mol. The minimum atomic E-state index is -0.559. The van der Waals surface area contributed by atoms with Gasteiger partial charge in [-0.3, -0.25) is 4.79 Å². The topological polar surface area (TPSA) is 66.8 Å². The number of hydrogen-bond acceptors (Lipinski definition) is 4. The maximum Gasteiger partial charge on any atom is 0.305 e. The van der Waals surface area contributed by atoms with E-state index in [0.29, 0.717) is 19.3 Å². The fraction of sp³-hybridized carbons (Fsp3) is 0.667. The van der Waals surface area contributed by atoms with Gasteiger partial charge in [0.1, 0.15) is 0 Å². The molecule has 0 heterocycles. The van der Waals surface area contributed by atoms with E-state index in [1.165, 1.54) is 39.2 Å². The van der Waals surface area contributed by atoms with Gasteiger partial charge in [0.25, 0.3) is 0 Å². The maximum absolute atomic E-state index is 10.9. The highest BCUT2D eigenvalue weighted by Crippen LogP contribution is 2.09. The molecular weight excluding hydrogens is 316 g/mol. The molecule has 0 bridgehead atoms. The summed E-state index contributed by atoms with van der Waals surface area (Å²) < 4.78 is 4.55. The Kier molecular flexibility index (Phi) is 16.5. The van der Waals surface area contributed by atoms with Crippen molar-refractivity contribution >= 4 is 5.97 Å². The third kappa shape index (κ3) is 17.2. The summed E-state index contributed by atoms with van der Waals surface area (Å²) in [5.41, 5.74) is 0. The number of carbonyl (C=O) groups excluding carboxylic acids is 1. The van der Waals surface area contributed by atoms with Crippen LogP contribution in [0.2, 0.25) is 0 Å². The predicted octanol–water partition coefficient (Wildman–Crippen LogP) is 4.47. The molecule has 2 N–H and O–H groups in total. The minimum absolute atomic E-state index is 0.249. The highest BCUT2D eigenvalue weighted by Gasteiger charge is 2.03. The monoisotopic (exact) mass is 352 g/mol. The van der Waals surface area contributed by atoms with E-state index >= 15 is 0 Å². The zero-order valence-electron chi connectivity index (χ0n) is 15.9. The second-order valence-corrected chi connectivity index (χ2v) is 6.31. The van der Waals surface area contributed by atoms with E-state index in [1.807, 2.05) is 18.2 Å². The normalized spacial score (nSPS) is 14.6. The van der Waals surface area contributed by atoms with Gasteiger partial charge in [-0.1, -0.05) is 81.9 Å². The van der Waals surface area contributed by atoms with E-state index in [4.69, 9.17) is 0 Å². The quantitative estimate of drug-likeness (QED) is 0.259. The van der Waals surface area contributed by atoms with Crippen molar-refractivity contribution in [1.82, 2.24) is 0 Å². The highest BCUT2D eigenvalue weighted by molar-refractivity contribution is 5.68. The van der Waals surface area contributed by atoms with Gasteiger partial charge >= 0.3 is 5.97 Å². The van der Waals surface area contributed by atoms with E-state index < -0.39 is 6.10 Å². The zero-order valence-corrected chi connectivity index (χ0v) is 15.9. The lowest BCUT2D eigenvalue weighted by atomic mass is 10.1. The van der Waals surface area contributed by atoms with Crippen molar-refractivity contribution in [3.8, 4) is 0 Å². The first kappa shape index (κ1) is 23.6. The van der Waals surface area contributed by atoms with Crippen LogP contribution in [0.25, 0.3) is 0 Å². The molecule has 0 spiro atoms. The Labute approximate surface area is 153 Å². The van der Waals surface area contributed by atoms with Crippen molar-refractivity contribution in [2.24, 2.45) is 0 Å². The molecule has 0 aliphatic carbocycles. The molecule has 0 radical (unpaired) electrons. The number of ether oxygens (including phenoxy) is 1. The molecule has 0 amide bonds. The number of allylic oxidation sites excluding steroid dienone is 4. The van der Waals surface area contributed by atoms with Crippen LogP contribution in [0.1, 0.15) is 71.1 Å². The molecular formula is C21H36O4. The van der Waals surface area contributed by atoms with E-state index in [0.717, 1.165) is 12.8 Å². The number of rotatable bonds is 15. The molecule has 0 unspecified atom stereocenters. The van der Waals surface area contributed by atoms with Crippen molar-refractivity contribution < 1.29 is 19.7 Å². The van der Waals surface area contributed by atoms with Crippen LogP contribution in [0.3, 0.4) is 0 Å². The van der Waals surface area contributed by atoms with Crippen molar-refractivity contribution in [3.05, 3.63) is 36.5 Å². The van der Waals surface area contributed by atoms with Gasteiger partial charge in [-0.15, -0.1) is 0 Å². The first-order valence-electron chi connectivity index (χ1n) is 9.54. The van der Waals surface area contributed by atoms with Gasteiger partial charge in [0, 0.05) is 6.42 Å². The van der Waals surface area contributed by atoms with Gasteiger partial charge in [-0.05, 0) is 19.3 Å². The van der Waals surface area contributed by atoms with Crippen LogP contribution in [0.5, 0.6) is 0 Å². The highest BCUT2D eigenvalue weighted by atomic mass is 16.5. The van der Waals surface area contributed by atoms with Gasteiger partial charge in [-0.2, -0.15) is 0 Å². The molecule has 25 heavy (non-hydrogen) atoms. The fourth-order valence-electron chi connectivity index (χ4n) is 2.40. The van der Waals surface area contributed by atoms with Crippen molar-refractivity contribution in [2.75, 3.05) is 7.11 Å². The van der Waals surface area contributed by atoms with Crippen LogP contribution < -0.4 is 0 Å². The third-order valence-electron chi connectivity index (χ3n) is 3.96. The lowest BCUT2D eigenvalue weighted by Gasteiger charge is -2.04. The lowest BCUT2D eigenvalue weighted by molar-refractivity contribution is -0.140. The Bertz CT molecular complexity index is 399. The van der Waals surface area contributed by atoms with Crippen LogP contribution >= 0.6 is 0 Å². The summed E-state index contributed by atoms with van der Waals surface area (Å²) in [6.45, 7) is 2.21. The van der Waals surface area contributed by atoms with Gasteiger partial charge in [0.05, 0.1) is 19.3 Å². The molecule has 2 atom stereocenters. The Hall–Kier alpha value is -1.39. The second-order valence-electron chi connectivity index (χ2n) is 6.31. The van der Waals surface area contributed by atoms with Crippen molar-refractivity contribution in [2.45, 2.75) is 83.3 Å². The summed E-state index contributed by atoms with van der Waals surface area (Å²) in [5.74, 6) is -0.249. The molecule has 4 nitrogen and oxygen atoms in total. The standard InChI is InChI=1S/C21H36O4/c1-3-4-5-6-7-10-14-19(22)15-11-8-9-12-16-20(23)17-13-18-21(24)25-2/h8-9,11-12,15-16,19-20,22-23H,3-7,10,13-14,17-18H2,1-2H3/b9-8+,15-11+,16-12-/t19-,20-/m1/s1. The summed E-state index contributed by atoms with van der Waals surface area (Å²) >= 11 is 0. The number of aliphatic hydroxyl groups is 2. The number of unbranched alkanes of at least 4 members (excludes halogenated alkanes) is 5. The van der Waals surface area contributed by atoms with Crippen LogP contribution in [0.15, 0.2) is 36.5 Å². The summed E-state index contributed by atoms with van der Waals surface area (Å²) in [6, 6.07) is 0. The Morgan fingerprint density at radius 3 is 1.92 bits per heavy atom. The number of aliphatic hydroxyl groups excluding tert-OH is 2. The molecule has 0 aromatic rings. The smallest absolute Gasteiger partial charge is 0.305 e. The van der Waals surface area contributed by atoms with E-state index in [9.17, 15) is 15.0 Å². The summed E-state index contributed by atoms with van der Waals surface area (Å²) in [5, 5.41) is 19.6. The maximum atomic E-state index is 10.9. The molecule has 0 aliphatic heterocycles. The van der Waals surface area contributed by atoms with E-state index in [2.05, 4.69) is 11.7 Å². The molecule has 0 aliphatic rings. The molecule has 0 rings (SSSR count). The van der Waals surface area contributed by atoms with E-state index in [-0.39, 0.29) is 12.1 Å². The largest absolute Gasteiger partial charge is 0.469 e. The van der Waals surface area contributed by atoms with Gasteiger partial charge in [-0.25, -0.2) is 0 Å². The van der Waals surface area contributed by atoms with Gasteiger partial charge in [0.2, 0.25) is 0 Å². The Balaban J connectivity index is 3.72. The third-order valence-corrected chi connectivity index (χ3v) is 3.96. The number of carbonyl (C=O) groups is 1. The lowest BCUT2D eigenvalue weighted by Crippen LogP contribution is -2.05. The van der Waals surface area contributed by atoms with Crippen molar-refractivity contribution in [3.63, 3.8) is 0 Å². The molecule has 0 aromatic carbocycles. The van der Waals surface area contributed by atoms with Gasteiger partial charge in [0.15, 0.2) is 0 Å². The fourth-order valence-corrected chi connectivity index (χ4v) is 2.40. The van der Waals surface area contributed by atoms with Crippen LogP contribution in [-0.4, -0.2) is 35.5 Å². The van der Waals surface area contributed by atoms with Gasteiger partial charge < -0.3 is 14.9 Å². The summed E-state index contributed by atoms with van der Waals surface area (Å²) in [6.07, 6.45) is 19.5. The first-order chi connectivity index (χ1) is 12.1. The molecule has 0 saturated carbocycles.